The van der Waals surface area contributed by atoms with E-state index in [4.69, 9.17) is 5.11 Å². The number of amides is 3. The Morgan fingerprint density at radius 2 is 1.19 bits per heavy atom. The van der Waals surface area contributed by atoms with E-state index in [1.54, 1.807) is 0 Å². The van der Waals surface area contributed by atoms with Crippen LogP contribution in [0.2, 0.25) is 0 Å². The molecular formula is C29H52N2O5. The number of hydrogen-bond donors (Lipinski definition) is 2. The van der Waals surface area contributed by atoms with Gasteiger partial charge < -0.3 is 10.4 Å². The molecule has 1 heterocycles. The topological polar surface area (TPSA) is 104 Å². The van der Waals surface area contributed by atoms with Crippen molar-refractivity contribution in [2.75, 3.05) is 13.1 Å². The van der Waals surface area contributed by atoms with E-state index >= 15 is 0 Å². The lowest BCUT2D eigenvalue weighted by Crippen LogP contribution is -2.38. The van der Waals surface area contributed by atoms with E-state index in [2.05, 4.69) is 5.32 Å². The number of rotatable bonds is 23. The van der Waals surface area contributed by atoms with E-state index in [9.17, 15) is 19.2 Å². The van der Waals surface area contributed by atoms with Crippen molar-refractivity contribution >= 4 is 23.7 Å². The van der Waals surface area contributed by atoms with Crippen LogP contribution in [0.4, 0.5) is 0 Å². The van der Waals surface area contributed by atoms with E-state index in [0.29, 0.717) is 25.8 Å². The van der Waals surface area contributed by atoms with Gasteiger partial charge in [-0.3, -0.25) is 24.1 Å². The highest BCUT2D eigenvalue weighted by atomic mass is 16.4. The average Bonchev–Trinajstić information content (AvgIpc) is 3.11. The van der Waals surface area contributed by atoms with Gasteiger partial charge in [0.2, 0.25) is 17.7 Å². The Balaban J connectivity index is 1.82. The first kappa shape index (κ1) is 32.1. The van der Waals surface area contributed by atoms with Gasteiger partial charge in [-0.2, -0.15) is 0 Å². The molecule has 0 aromatic rings. The Hall–Kier alpha value is -1.92. The van der Waals surface area contributed by atoms with Crippen molar-refractivity contribution in [2.24, 2.45) is 11.8 Å². The number of carboxylic acids is 1. The number of imide groups is 1. The predicted molar refractivity (Wildman–Crippen MR) is 143 cm³/mol. The van der Waals surface area contributed by atoms with Crippen LogP contribution in [0.1, 0.15) is 136 Å². The molecule has 1 rings (SSSR count). The third kappa shape index (κ3) is 15.2. The minimum absolute atomic E-state index is 0.00712. The normalized spacial score (nSPS) is 15.8. The first-order valence-electron chi connectivity index (χ1n) is 14.7. The molecule has 0 saturated carbocycles. The first-order valence-corrected chi connectivity index (χ1v) is 14.7. The van der Waals surface area contributed by atoms with Crippen molar-refractivity contribution in [3.05, 3.63) is 0 Å². The van der Waals surface area contributed by atoms with Crippen molar-refractivity contribution in [3.8, 4) is 0 Å². The molecule has 7 nitrogen and oxygen atoms in total. The smallest absolute Gasteiger partial charge is 0.303 e. The fourth-order valence-electron chi connectivity index (χ4n) is 4.90. The third-order valence-corrected chi connectivity index (χ3v) is 7.29. The summed E-state index contributed by atoms with van der Waals surface area (Å²) in [6.45, 7) is 4.55. The van der Waals surface area contributed by atoms with Crippen LogP contribution < -0.4 is 5.32 Å². The summed E-state index contributed by atoms with van der Waals surface area (Å²) in [4.78, 5) is 48.1. The predicted octanol–water partition coefficient (Wildman–Crippen LogP) is 6.24. The van der Waals surface area contributed by atoms with E-state index < -0.39 is 5.97 Å². The molecule has 1 unspecified atom stereocenters. The molecule has 3 amide bonds. The van der Waals surface area contributed by atoms with Crippen LogP contribution in [0.25, 0.3) is 0 Å². The summed E-state index contributed by atoms with van der Waals surface area (Å²) < 4.78 is 0. The lowest BCUT2D eigenvalue weighted by atomic mass is 9.94. The molecule has 1 aliphatic rings. The molecule has 0 bridgehead atoms. The second-order valence-electron chi connectivity index (χ2n) is 10.8. The maximum atomic E-state index is 12.3. The highest BCUT2D eigenvalue weighted by molar-refractivity contribution is 6.03. The second-order valence-corrected chi connectivity index (χ2v) is 10.8. The molecule has 1 fully saturated rings. The molecule has 0 radical (unpaired) electrons. The zero-order chi connectivity index (χ0) is 26.6. The van der Waals surface area contributed by atoms with Crippen LogP contribution in [0.15, 0.2) is 0 Å². The fourth-order valence-corrected chi connectivity index (χ4v) is 4.90. The summed E-state index contributed by atoms with van der Waals surface area (Å²) in [5.74, 6) is -0.933. The lowest BCUT2D eigenvalue weighted by molar-refractivity contribution is -0.140. The van der Waals surface area contributed by atoms with E-state index in [0.717, 1.165) is 25.7 Å². The molecular weight excluding hydrogens is 456 g/mol. The van der Waals surface area contributed by atoms with Gasteiger partial charge in [-0.1, -0.05) is 104 Å². The molecule has 0 aromatic heterocycles. The van der Waals surface area contributed by atoms with E-state index in [-0.39, 0.29) is 36.1 Å². The average molecular weight is 509 g/mol. The molecule has 7 heteroatoms. The van der Waals surface area contributed by atoms with Gasteiger partial charge in [-0.15, -0.1) is 0 Å². The van der Waals surface area contributed by atoms with Crippen molar-refractivity contribution in [1.82, 2.24) is 10.2 Å². The Labute approximate surface area is 219 Å². The highest BCUT2D eigenvalue weighted by Gasteiger charge is 2.39. The van der Waals surface area contributed by atoms with E-state index in [1.165, 1.54) is 81.9 Å². The summed E-state index contributed by atoms with van der Waals surface area (Å²) >= 11 is 0. The quantitative estimate of drug-likeness (QED) is 0.126. The number of carboxylic acid groups (broad SMARTS) is 1. The minimum Gasteiger partial charge on any atom is -0.481 e. The molecule has 0 spiro atoms. The number of carbonyl (C=O) groups excluding carboxylic acids is 3. The van der Waals surface area contributed by atoms with Gasteiger partial charge in [0.25, 0.3) is 0 Å². The van der Waals surface area contributed by atoms with Crippen LogP contribution in [0.5, 0.6) is 0 Å². The van der Waals surface area contributed by atoms with Gasteiger partial charge in [0.15, 0.2) is 0 Å². The maximum Gasteiger partial charge on any atom is 0.303 e. The lowest BCUT2D eigenvalue weighted by Gasteiger charge is -2.16. The highest BCUT2D eigenvalue weighted by Crippen LogP contribution is 2.25. The Bertz CT molecular complexity index is 650. The molecule has 2 N–H and O–H groups in total. The number of unbranched alkanes of at least 4 members (excludes halogenated alkanes) is 15. The van der Waals surface area contributed by atoms with E-state index in [1.807, 2.05) is 13.8 Å². The maximum absolute atomic E-state index is 12.3. The third-order valence-electron chi connectivity index (χ3n) is 7.29. The molecule has 1 atom stereocenters. The summed E-state index contributed by atoms with van der Waals surface area (Å²) in [5.41, 5.74) is 0. The van der Waals surface area contributed by atoms with Crippen molar-refractivity contribution in [2.45, 2.75) is 136 Å². The number of nitrogens with zero attached hydrogens (tertiary/aromatic N) is 1. The molecule has 0 aromatic carbocycles. The van der Waals surface area contributed by atoms with Gasteiger partial charge in [-0.05, 0) is 18.8 Å². The summed E-state index contributed by atoms with van der Waals surface area (Å²) in [6, 6.07) is 0. The Morgan fingerprint density at radius 1 is 0.778 bits per heavy atom. The van der Waals surface area contributed by atoms with Gasteiger partial charge >= 0.3 is 5.97 Å². The zero-order valence-electron chi connectivity index (χ0n) is 23.0. The number of likely N-dealkylation sites (tertiary alicyclic amines) is 1. The van der Waals surface area contributed by atoms with Crippen LogP contribution in [0.3, 0.4) is 0 Å². The molecule has 208 valence electrons. The zero-order valence-corrected chi connectivity index (χ0v) is 23.0. The standard InChI is InChI=1S/C29H52N2O5/c1-24(2)25-23-27(33)31(29(25)36)22-21-30-26(32)19-17-15-13-11-9-7-5-3-4-6-8-10-12-14-16-18-20-28(34)35/h24-25H,3-23H2,1-2H3,(H,30,32)(H,34,35). The van der Waals surface area contributed by atoms with Crippen molar-refractivity contribution < 1.29 is 24.3 Å². The SMILES string of the molecule is CC(C)C1CC(=O)N(CCNC(=O)CCCCCCCCCCCCCCCCCCC(=O)O)C1=O. The minimum atomic E-state index is -0.680. The number of nitrogens with one attached hydrogen (secondary N) is 1. The van der Waals surface area contributed by atoms with Gasteiger partial charge in [0.05, 0.1) is 0 Å². The number of carbonyl (C=O) groups is 4. The van der Waals surface area contributed by atoms with Crippen molar-refractivity contribution in [3.63, 3.8) is 0 Å². The van der Waals surface area contributed by atoms with Crippen LogP contribution in [0, 0.1) is 11.8 Å². The molecule has 1 aliphatic heterocycles. The summed E-state index contributed by atoms with van der Waals surface area (Å²) in [7, 11) is 0. The number of hydrogen-bond acceptors (Lipinski definition) is 4. The number of aliphatic carboxylic acids is 1. The molecule has 1 saturated heterocycles. The van der Waals surface area contributed by atoms with Gasteiger partial charge in [0, 0.05) is 38.3 Å². The van der Waals surface area contributed by atoms with Gasteiger partial charge in [-0.25, -0.2) is 0 Å². The summed E-state index contributed by atoms with van der Waals surface area (Å²) in [5, 5.41) is 11.5. The summed E-state index contributed by atoms with van der Waals surface area (Å²) in [6.07, 6.45) is 20.2. The Kier molecular flexibility index (Phi) is 18.0. The largest absolute Gasteiger partial charge is 0.481 e. The Morgan fingerprint density at radius 3 is 1.58 bits per heavy atom. The van der Waals surface area contributed by atoms with Crippen molar-refractivity contribution in [1.29, 1.82) is 0 Å². The molecule has 36 heavy (non-hydrogen) atoms. The molecule has 0 aliphatic carbocycles. The van der Waals surface area contributed by atoms with Crippen LogP contribution in [-0.2, 0) is 19.2 Å². The second kappa shape index (κ2) is 20.2. The van der Waals surface area contributed by atoms with Crippen LogP contribution >= 0.6 is 0 Å². The first-order chi connectivity index (χ1) is 17.3. The fraction of sp³-hybridized carbons (Fsp3) is 0.862. The van der Waals surface area contributed by atoms with Gasteiger partial charge in [0.1, 0.15) is 0 Å². The van der Waals surface area contributed by atoms with Crippen LogP contribution in [-0.4, -0.2) is 46.8 Å². The monoisotopic (exact) mass is 508 g/mol.